The van der Waals surface area contributed by atoms with Crippen LogP contribution in [0, 0.1) is 5.92 Å². The molecule has 9 N–H and O–H groups in total. The van der Waals surface area contributed by atoms with Crippen molar-refractivity contribution < 1.29 is 10.0 Å². The number of aliphatic hydroxyl groups excluding tert-OH is 1. The zero-order valence-corrected chi connectivity index (χ0v) is 10.6. The van der Waals surface area contributed by atoms with Crippen LogP contribution < -0.4 is 23.3 Å². The van der Waals surface area contributed by atoms with E-state index in [-0.39, 0.29) is 12.1 Å². The Labute approximate surface area is 98.2 Å². The van der Waals surface area contributed by atoms with Gasteiger partial charge in [0.25, 0.3) is 0 Å². The number of nitrogens with two attached hydrogens (primary N) is 4. The molecule has 0 saturated heterocycles. The molecule has 0 radical (unpaired) electrons. The fourth-order valence-electron chi connectivity index (χ4n) is 1.40. The minimum atomic E-state index is -0.405. The molecule has 0 aliphatic heterocycles. The predicted molar refractivity (Wildman–Crippen MR) is 65.8 cm³/mol. The zero-order valence-electron chi connectivity index (χ0n) is 10.6. The molecule has 0 bridgehead atoms. The number of hydrogen-bond acceptors (Lipinski definition) is 6. The van der Waals surface area contributed by atoms with Crippen molar-refractivity contribution in [2.45, 2.75) is 58.2 Å². The highest BCUT2D eigenvalue weighted by atomic mass is 16.7. The van der Waals surface area contributed by atoms with Crippen LogP contribution in [-0.2, 0) is 4.94 Å². The van der Waals surface area contributed by atoms with Gasteiger partial charge in [0.15, 0.2) is 0 Å². The van der Waals surface area contributed by atoms with Gasteiger partial charge in [0.05, 0.1) is 6.10 Å². The third-order valence-electron chi connectivity index (χ3n) is 2.78. The predicted octanol–water partition coefficient (Wildman–Crippen LogP) is -0.401. The normalized spacial score (nSPS) is 18.0. The van der Waals surface area contributed by atoms with Crippen molar-refractivity contribution in [3.05, 3.63) is 0 Å². The number of aliphatic hydroxyl groups is 1. The first-order chi connectivity index (χ1) is 7.44. The van der Waals surface area contributed by atoms with Gasteiger partial charge in [0.1, 0.15) is 0 Å². The third kappa shape index (κ3) is 9.02. The molecule has 0 rings (SSSR count). The number of hydrogen-bond donors (Lipinski definition) is 5. The molecule has 6 heteroatoms. The van der Waals surface area contributed by atoms with Gasteiger partial charge in [-0.25, -0.2) is 4.94 Å². The van der Waals surface area contributed by atoms with Crippen molar-refractivity contribution >= 4 is 0 Å². The topological polar surface area (TPSA) is 134 Å². The van der Waals surface area contributed by atoms with Crippen LogP contribution in [0.4, 0.5) is 0 Å². The van der Waals surface area contributed by atoms with Crippen LogP contribution in [0.1, 0.15) is 40.0 Å². The van der Waals surface area contributed by atoms with E-state index in [1.54, 1.807) is 0 Å². The lowest BCUT2D eigenvalue weighted by atomic mass is 9.91. The van der Waals surface area contributed by atoms with Gasteiger partial charge in [0, 0.05) is 12.1 Å². The standard InChI is InChI=1S/C10H24N2O.H4N2O/c1-4-8(11)7(3)6-10(13)9(12)5-2;1-3-2/h7-10,13H,4-6,11-12H2,1-3H3;1-2H2. The summed E-state index contributed by atoms with van der Waals surface area (Å²) < 4.78 is 0. The van der Waals surface area contributed by atoms with Crippen LogP contribution in [0.3, 0.4) is 0 Å². The van der Waals surface area contributed by atoms with Crippen LogP contribution in [0.15, 0.2) is 0 Å². The van der Waals surface area contributed by atoms with Crippen molar-refractivity contribution in [1.82, 2.24) is 0 Å². The molecule has 0 fully saturated rings. The van der Waals surface area contributed by atoms with Gasteiger partial charge in [-0.15, -0.1) is 0 Å². The summed E-state index contributed by atoms with van der Waals surface area (Å²) in [6.45, 7) is 6.12. The van der Waals surface area contributed by atoms with Gasteiger partial charge in [-0.3, -0.25) is 0 Å². The summed E-state index contributed by atoms with van der Waals surface area (Å²) in [7, 11) is 0. The maximum Gasteiger partial charge on any atom is 0.0694 e. The smallest absolute Gasteiger partial charge is 0.0694 e. The average Bonchev–Trinajstić information content (AvgIpc) is 2.27. The Morgan fingerprint density at radius 3 is 1.75 bits per heavy atom. The maximum atomic E-state index is 9.65. The van der Waals surface area contributed by atoms with Gasteiger partial charge in [0.2, 0.25) is 0 Å². The molecule has 0 aromatic heterocycles. The molecule has 0 amide bonds. The summed E-state index contributed by atoms with van der Waals surface area (Å²) in [5.74, 6) is 8.59. The first kappa shape index (κ1) is 18.1. The first-order valence-electron chi connectivity index (χ1n) is 5.69. The van der Waals surface area contributed by atoms with E-state index in [9.17, 15) is 5.11 Å². The highest BCUT2D eigenvalue weighted by molar-refractivity contribution is 4.76. The molecule has 100 valence electrons. The Morgan fingerprint density at radius 1 is 1.06 bits per heavy atom. The van der Waals surface area contributed by atoms with Crippen LogP contribution in [0.25, 0.3) is 0 Å². The minimum Gasteiger partial charge on any atom is -0.392 e. The molecule has 4 atom stereocenters. The quantitative estimate of drug-likeness (QED) is 0.398. The fourth-order valence-corrected chi connectivity index (χ4v) is 1.40. The Morgan fingerprint density at radius 2 is 1.44 bits per heavy atom. The van der Waals surface area contributed by atoms with Gasteiger partial charge in [-0.1, -0.05) is 20.8 Å². The van der Waals surface area contributed by atoms with E-state index < -0.39 is 6.10 Å². The van der Waals surface area contributed by atoms with Crippen LogP contribution in [0.2, 0.25) is 0 Å². The second kappa shape index (κ2) is 11.3. The Balaban J connectivity index is 0. The van der Waals surface area contributed by atoms with Crippen molar-refractivity contribution in [3.63, 3.8) is 0 Å². The van der Waals surface area contributed by atoms with Crippen LogP contribution in [0.5, 0.6) is 0 Å². The Bertz CT molecular complexity index is 135. The second-order valence-electron chi connectivity index (χ2n) is 4.06. The SMILES string of the molecule is CCC(N)C(C)CC(O)C(N)CC.NON. The zero-order chi connectivity index (χ0) is 13.1. The van der Waals surface area contributed by atoms with E-state index in [0.717, 1.165) is 12.8 Å². The van der Waals surface area contributed by atoms with Gasteiger partial charge < -0.3 is 16.6 Å². The molecular weight excluding hydrogens is 208 g/mol. The number of rotatable bonds is 6. The molecule has 6 nitrogen and oxygen atoms in total. The van der Waals surface area contributed by atoms with Gasteiger partial charge in [-0.2, -0.15) is 11.8 Å². The molecule has 0 aromatic carbocycles. The lowest BCUT2D eigenvalue weighted by Crippen LogP contribution is -2.38. The first-order valence-corrected chi connectivity index (χ1v) is 5.69. The van der Waals surface area contributed by atoms with Crippen molar-refractivity contribution in [2.24, 2.45) is 29.2 Å². The second-order valence-corrected chi connectivity index (χ2v) is 4.06. The average molecular weight is 236 g/mol. The lowest BCUT2D eigenvalue weighted by Gasteiger charge is -2.24. The Hall–Kier alpha value is -0.240. The van der Waals surface area contributed by atoms with Gasteiger partial charge in [-0.05, 0) is 25.2 Å². The van der Waals surface area contributed by atoms with E-state index in [0.29, 0.717) is 12.3 Å². The highest BCUT2D eigenvalue weighted by Gasteiger charge is 2.19. The fraction of sp³-hybridized carbons (Fsp3) is 1.00. The molecule has 0 aliphatic carbocycles. The van der Waals surface area contributed by atoms with E-state index in [1.165, 1.54) is 0 Å². The summed E-state index contributed by atoms with van der Waals surface area (Å²) in [5.41, 5.74) is 11.6. The molecule has 0 spiro atoms. The third-order valence-corrected chi connectivity index (χ3v) is 2.78. The lowest BCUT2D eigenvalue weighted by molar-refractivity contribution is 0.110. The van der Waals surface area contributed by atoms with Crippen molar-refractivity contribution in [2.75, 3.05) is 0 Å². The minimum absolute atomic E-state index is 0.105. The maximum absolute atomic E-state index is 9.65. The summed E-state index contributed by atoms with van der Waals surface area (Å²) >= 11 is 0. The summed E-state index contributed by atoms with van der Waals surface area (Å²) in [6.07, 6.45) is 2.08. The summed E-state index contributed by atoms with van der Waals surface area (Å²) in [6, 6.07) is 0.0743. The molecule has 16 heavy (non-hydrogen) atoms. The largest absolute Gasteiger partial charge is 0.392 e. The monoisotopic (exact) mass is 236 g/mol. The highest BCUT2D eigenvalue weighted by Crippen LogP contribution is 2.14. The van der Waals surface area contributed by atoms with Crippen LogP contribution >= 0.6 is 0 Å². The molecule has 0 aromatic rings. The molecule has 0 saturated carbocycles. The molecule has 0 heterocycles. The molecular formula is C10H28N4O2. The summed E-state index contributed by atoms with van der Waals surface area (Å²) in [5, 5.41) is 9.65. The molecule has 4 unspecified atom stereocenters. The van der Waals surface area contributed by atoms with E-state index in [1.807, 2.05) is 6.92 Å². The van der Waals surface area contributed by atoms with Crippen molar-refractivity contribution in [1.29, 1.82) is 0 Å². The van der Waals surface area contributed by atoms with Gasteiger partial charge >= 0.3 is 0 Å². The van der Waals surface area contributed by atoms with E-state index >= 15 is 0 Å². The van der Waals surface area contributed by atoms with E-state index in [4.69, 9.17) is 11.5 Å². The summed E-state index contributed by atoms with van der Waals surface area (Å²) in [4.78, 5) is 3.25. The van der Waals surface area contributed by atoms with E-state index in [2.05, 4.69) is 30.6 Å². The van der Waals surface area contributed by atoms with Crippen LogP contribution in [-0.4, -0.2) is 23.3 Å². The Kier molecular flexibility index (Phi) is 12.8. The van der Waals surface area contributed by atoms with Crippen molar-refractivity contribution in [3.8, 4) is 0 Å². The molecule has 0 aliphatic rings.